The monoisotopic (exact) mass is 643 g/mol. The number of benzene rings is 3. The highest BCUT2D eigenvalue weighted by atomic mass is 32.2. The van der Waals surface area contributed by atoms with Gasteiger partial charge in [0.05, 0.1) is 18.0 Å². The van der Waals surface area contributed by atoms with Crippen LogP contribution in [0.3, 0.4) is 0 Å². The molecule has 240 valence electrons. The van der Waals surface area contributed by atoms with Gasteiger partial charge in [0.25, 0.3) is 5.56 Å². The summed E-state index contributed by atoms with van der Waals surface area (Å²) in [6.45, 7) is 4.45. The van der Waals surface area contributed by atoms with Crippen LogP contribution in [0.5, 0.6) is 0 Å². The molecule has 7 rings (SSSR count). The minimum atomic E-state index is -3.55. The Morgan fingerprint density at radius 3 is 2.59 bits per heavy atom. The SMILES string of the molecule is Cc1cc2ccc1[C@@H](C)COC(=O)Nc1ccc(N3CCCCS3(=O)=O)c(c1)CN(C)C(=O)[C@@H]2Nc1ccc2cc[nH]c(=O)c2c1. The number of nitrogens with zero attached hydrogens (tertiary/aromatic N) is 2. The first-order valence-electron chi connectivity index (χ1n) is 15.3. The topological polar surface area (TPSA) is 141 Å². The fourth-order valence-corrected chi connectivity index (χ4v) is 7.92. The minimum absolute atomic E-state index is 0.0433. The Labute approximate surface area is 267 Å². The number of aromatic amines is 1. The fraction of sp³-hybridized carbons (Fsp3) is 0.324. The summed E-state index contributed by atoms with van der Waals surface area (Å²) in [5.74, 6) is -0.340. The molecule has 2 amide bonds. The number of hydrogen-bond donors (Lipinski definition) is 3. The van der Waals surface area contributed by atoms with Crippen molar-refractivity contribution in [2.45, 2.75) is 45.2 Å². The molecule has 4 aromatic rings. The van der Waals surface area contributed by atoms with Crippen molar-refractivity contribution in [3.63, 3.8) is 0 Å². The van der Waals surface area contributed by atoms with Gasteiger partial charge in [-0.3, -0.25) is 19.2 Å². The highest BCUT2D eigenvalue weighted by Gasteiger charge is 2.30. The van der Waals surface area contributed by atoms with Crippen molar-refractivity contribution < 1.29 is 22.7 Å². The number of anilines is 3. The van der Waals surface area contributed by atoms with E-state index in [1.54, 1.807) is 42.4 Å². The average Bonchev–Trinajstić information content (AvgIpc) is 3.02. The second kappa shape index (κ2) is 12.5. The van der Waals surface area contributed by atoms with E-state index in [2.05, 4.69) is 15.6 Å². The first kappa shape index (κ1) is 31.2. The number of sulfonamides is 1. The maximum Gasteiger partial charge on any atom is 0.411 e. The van der Waals surface area contributed by atoms with Crippen LogP contribution in [0.15, 0.2) is 71.7 Å². The number of aryl methyl sites for hydroxylation is 1. The highest BCUT2D eigenvalue weighted by molar-refractivity contribution is 7.92. The highest BCUT2D eigenvalue weighted by Crippen LogP contribution is 2.33. The van der Waals surface area contributed by atoms with Crippen LogP contribution in [0.1, 0.15) is 54.0 Å². The molecule has 1 saturated heterocycles. The number of amides is 2. The number of H-pyrrole nitrogens is 1. The van der Waals surface area contributed by atoms with Gasteiger partial charge in [-0.2, -0.15) is 0 Å². The summed E-state index contributed by atoms with van der Waals surface area (Å²) in [5.41, 5.74) is 4.44. The summed E-state index contributed by atoms with van der Waals surface area (Å²) in [6.07, 6.45) is 2.27. The predicted molar refractivity (Wildman–Crippen MR) is 179 cm³/mol. The number of ether oxygens (including phenoxy) is 1. The van der Waals surface area contributed by atoms with Gasteiger partial charge >= 0.3 is 6.09 Å². The normalized spacial score (nSPS) is 20.3. The van der Waals surface area contributed by atoms with E-state index in [-0.39, 0.29) is 36.3 Å². The molecule has 0 spiro atoms. The average molecular weight is 644 g/mol. The number of rotatable bonds is 3. The zero-order chi connectivity index (χ0) is 32.6. The molecule has 1 aromatic heterocycles. The summed E-state index contributed by atoms with van der Waals surface area (Å²) in [7, 11) is -1.88. The first-order valence-corrected chi connectivity index (χ1v) is 16.9. The Hall–Kier alpha value is -4.84. The number of pyridine rings is 1. The largest absolute Gasteiger partial charge is 0.449 e. The smallest absolute Gasteiger partial charge is 0.411 e. The maximum atomic E-state index is 14.4. The lowest BCUT2D eigenvalue weighted by Gasteiger charge is -2.32. The molecular formula is C34H37N5O6S. The molecular weight excluding hydrogens is 606 g/mol. The van der Waals surface area contributed by atoms with Crippen molar-refractivity contribution in [1.82, 2.24) is 9.88 Å². The van der Waals surface area contributed by atoms with Gasteiger partial charge in [0, 0.05) is 49.0 Å². The molecule has 3 aliphatic rings. The number of likely N-dealkylation sites (N-methyl/N-ethyl adjacent to an activating group) is 1. The van der Waals surface area contributed by atoms with Gasteiger partial charge in [-0.05, 0) is 83.8 Å². The molecule has 4 bridgehead atoms. The minimum Gasteiger partial charge on any atom is -0.449 e. The summed E-state index contributed by atoms with van der Waals surface area (Å²) in [4.78, 5) is 43.9. The summed E-state index contributed by atoms with van der Waals surface area (Å²) in [5, 5.41) is 7.40. The lowest BCUT2D eigenvalue weighted by Crippen LogP contribution is -2.39. The van der Waals surface area contributed by atoms with E-state index in [1.807, 2.05) is 50.2 Å². The third-order valence-corrected chi connectivity index (χ3v) is 10.5. The molecule has 4 heterocycles. The predicted octanol–water partition coefficient (Wildman–Crippen LogP) is 5.24. The Balaban J connectivity index is 1.43. The fourth-order valence-electron chi connectivity index (χ4n) is 6.25. The lowest BCUT2D eigenvalue weighted by molar-refractivity contribution is -0.131. The van der Waals surface area contributed by atoms with Gasteiger partial charge in [0.1, 0.15) is 6.04 Å². The number of hydrogen-bond acceptors (Lipinski definition) is 7. The first-order chi connectivity index (χ1) is 22.0. The molecule has 12 heteroatoms. The molecule has 46 heavy (non-hydrogen) atoms. The number of fused-ring (bicyclic) bond motifs is 10. The quantitative estimate of drug-likeness (QED) is 0.277. The zero-order valence-corrected chi connectivity index (χ0v) is 26.8. The van der Waals surface area contributed by atoms with Crippen LogP contribution < -0.4 is 20.5 Å². The maximum absolute atomic E-state index is 14.4. The van der Waals surface area contributed by atoms with E-state index in [0.717, 1.165) is 16.5 Å². The molecule has 1 fully saturated rings. The van der Waals surface area contributed by atoms with E-state index < -0.39 is 22.2 Å². The molecule has 0 unspecified atom stereocenters. The summed E-state index contributed by atoms with van der Waals surface area (Å²) >= 11 is 0. The van der Waals surface area contributed by atoms with Gasteiger partial charge < -0.3 is 19.9 Å². The van der Waals surface area contributed by atoms with E-state index in [1.165, 1.54) is 4.31 Å². The van der Waals surface area contributed by atoms with E-state index in [0.29, 0.717) is 53.0 Å². The van der Waals surface area contributed by atoms with Gasteiger partial charge in [0.2, 0.25) is 15.9 Å². The van der Waals surface area contributed by atoms with Crippen molar-refractivity contribution in [2.24, 2.45) is 0 Å². The number of carbonyl (C=O) groups is 2. The summed E-state index contributed by atoms with van der Waals surface area (Å²) < 4.78 is 33.2. The van der Waals surface area contributed by atoms with Crippen molar-refractivity contribution in [1.29, 1.82) is 0 Å². The van der Waals surface area contributed by atoms with Crippen LogP contribution in [0.2, 0.25) is 0 Å². The van der Waals surface area contributed by atoms with Crippen LogP contribution in [0.25, 0.3) is 10.8 Å². The standard InChI is InChI=1S/C34H37N5O6S/c1-21-16-24-7-10-28(21)22(2)20-45-34(42)37-26-9-11-30(39-14-4-5-15-46(39,43)44)25(17-26)19-38(3)33(41)31(24)36-27-8-6-23-12-13-35-32(40)29(23)18-27/h6-13,16-18,22,31,36H,4-5,14-15,19-20H2,1-3H3,(H,35,40)(H,37,42)/t22-,31+/m0/s1. The third kappa shape index (κ3) is 6.30. The Bertz CT molecular complexity index is 1990. The van der Waals surface area contributed by atoms with Crippen molar-refractivity contribution in [3.8, 4) is 0 Å². The van der Waals surface area contributed by atoms with Crippen LogP contribution in [0, 0.1) is 6.92 Å². The second-order valence-corrected chi connectivity index (χ2v) is 14.1. The van der Waals surface area contributed by atoms with Crippen molar-refractivity contribution >= 4 is 49.9 Å². The molecule has 3 aliphatic heterocycles. The summed E-state index contributed by atoms with van der Waals surface area (Å²) in [6, 6.07) is 17.2. The van der Waals surface area contributed by atoms with Gasteiger partial charge in [0.15, 0.2) is 0 Å². The van der Waals surface area contributed by atoms with Crippen LogP contribution in [-0.2, 0) is 26.1 Å². The molecule has 3 aromatic carbocycles. The number of carbonyl (C=O) groups excluding carboxylic acids is 2. The molecule has 2 atom stereocenters. The van der Waals surface area contributed by atoms with Gasteiger partial charge in [-0.25, -0.2) is 13.2 Å². The van der Waals surface area contributed by atoms with E-state index in [9.17, 15) is 22.8 Å². The molecule has 3 N–H and O–H groups in total. The lowest BCUT2D eigenvalue weighted by atomic mass is 9.93. The second-order valence-electron chi connectivity index (χ2n) is 12.1. The van der Waals surface area contributed by atoms with Crippen LogP contribution >= 0.6 is 0 Å². The third-order valence-electron chi connectivity index (χ3n) is 8.68. The van der Waals surface area contributed by atoms with Gasteiger partial charge in [-0.15, -0.1) is 0 Å². The molecule has 11 nitrogen and oxygen atoms in total. The number of nitrogens with one attached hydrogen (secondary N) is 3. The molecule has 0 radical (unpaired) electrons. The molecule has 0 aliphatic carbocycles. The Morgan fingerprint density at radius 2 is 1.80 bits per heavy atom. The van der Waals surface area contributed by atoms with Crippen LogP contribution in [-0.4, -0.2) is 56.3 Å². The number of aromatic nitrogens is 1. The zero-order valence-electron chi connectivity index (χ0n) is 26.0. The Kier molecular flexibility index (Phi) is 8.47. The Morgan fingerprint density at radius 1 is 0.978 bits per heavy atom. The van der Waals surface area contributed by atoms with E-state index in [4.69, 9.17) is 4.74 Å². The van der Waals surface area contributed by atoms with Crippen LogP contribution in [0.4, 0.5) is 21.9 Å². The van der Waals surface area contributed by atoms with Gasteiger partial charge in [-0.1, -0.05) is 31.2 Å². The van der Waals surface area contributed by atoms with Crippen molar-refractivity contribution in [3.05, 3.63) is 99.5 Å². The van der Waals surface area contributed by atoms with E-state index >= 15 is 0 Å². The van der Waals surface area contributed by atoms with Crippen molar-refractivity contribution in [2.75, 3.05) is 40.9 Å². The molecule has 0 saturated carbocycles.